The van der Waals surface area contributed by atoms with Crippen molar-refractivity contribution >= 4 is 28.9 Å². The summed E-state index contributed by atoms with van der Waals surface area (Å²) in [5.74, 6) is -2.24. The molecule has 0 unspecified atom stereocenters. The second kappa shape index (κ2) is 8.09. The van der Waals surface area contributed by atoms with E-state index in [-0.39, 0.29) is 18.1 Å². The third kappa shape index (κ3) is 5.17. The number of ether oxygens (including phenoxy) is 1. The Labute approximate surface area is 143 Å². The van der Waals surface area contributed by atoms with Crippen molar-refractivity contribution in [1.29, 1.82) is 0 Å². The summed E-state index contributed by atoms with van der Waals surface area (Å²) >= 11 is 0. The summed E-state index contributed by atoms with van der Waals surface area (Å²) in [6.07, 6.45) is 0. The summed E-state index contributed by atoms with van der Waals surface area (Å²) in [4.78, 5) is 23.1. The molecule has 8 heteroatoms. The van der Waals surface area contributed by atoms with Crippen LogP contribution in [-0.4, -0.2) is 25.5 Å². The Balaban J connectivity index is 2.02. The van der Waals surface area contributed by atoms with Gasteiger partial charge in [-0.3, -0.25) is 9.59 Å². The first-order chi connectivity index (χ1) is 11.9. The third-order valence-corrected chi connectivity index (χ3v) is 3.16. The van der Waals surface area contributed by atoms with Gasteiger partial charge in [0.1, 0.15) is 5.75 Å². The SMILES string of the molecule is COc1ccc(NC(C)=O)cc1NCC(=O)Nc1ccc(F)c(F)c1. The molecular weight excluding hydrogens is 332 g/mol. The molecule has 0 saturated heterocycles. The molecule has 6 nitrogen and oxygen atoms in total. The lowest BCUT2D eigenvalue weighted by molar-refractivity contribution is -0.115. The maximum Gasteiger partial charge on any atom is 0.243 e. The minimum atomic E-state index is -1.05. The Bertz CT molecular complexity index is 797. The third-order valence-electron chi connectivity index (χ3n) is 3.16. The van der Waals surface area contributed by atoms with Crippen molar-refractivity contribution in [2.75, 3.05) is 29.6 Å². The average Bonchev–Trinajstić information content (AvgIpc) is 2.56. The highest BCUT2D eigenvalue weighted by molar-refractivity contribution is 5.94. The van der Waals surface area contributed by atoms with Crippen LogP contribution >= 0.6 is 0 Å². The largest absolute Gasteiger partial charge is 0.495 e. The van der Waals surface area contributed by atoms with Gasteiger partial charge in [0.15, 0.2) is 11.6 Å². The van der Waals surface area contributed by atoms with Crippen molar-refractivity contribution < 1.29 is 23.1 Å². The molecule has 2 amide bonds. The van der Waals surface area contributed by atoms with Crippen LogP contribution in [0.2, 0.25) is 0 Å². The molecule has 0 aliphatic carbocycles. The first-order valence-electron chi connectivity index (χ1n) is 7.33. The Hall–Kier alpha value is -3.16. The van der Waals surface area contributed by atoms with Gasteiger partial charge in [0.25, 0.3) is 0 Å². The maximum atomic E-state index is 13.1. The van der Waals surface area contributed by atoms with Crippen LogP contribution < -0.4 is 20.7 Å². The van der Waals surface area contributed by atoms with Gasteiger partial charge in [0, 0.05) is 24.4 Å². The van der Waals surface area contributed by atoms with Crippen molar-refractivity contribution in [3.8, 4) is 5.75 Å². The molecule has 2 aromatic carbocycles. The molecule has 0 aliphatic rings. The van der Waals surface area contributed by atoms with Crippen LogP contribution in [0.3, 0.4) is 0 Å². The van der Waals surface area contributed by atoms with Crippen LogP contribution in [0.5, 0.6) is 5.75 Å². The number of hydrogen-bond acceptors (Lipinski definition) is 4. The quantitative estimate of drug-likeness (QED) is 0.749. The zero-order valence-electron chi connectivity index (χ0n) is 13.7. The van der Waals surface area contributed by atoms with Gasteiger partial charge < -0.3 is 20.7 Å². The minimum Gasteiger partial charge on any atom is -0.495 e. The average molecular weight is 349 g/mol. The number of halogens is 2. The zero-order valence-corrected chi connectivity index (χ0v) is 13.7. The molecule has 0 fully saturated rings. The number of carbonyl (C=O) groups excluding carboxylic acids is 2. The lowest BCUT2D eigenvalue weighted by Gasteiger charge is -2.13. The molecule has 0 saturated carbocycles. The van der Waals surface area contributed by atoms with Crippen LogP contribution in [0.4, 0.5) is 25.8 Å². The highest BCUT2D eigenvalue weighted by Crippen LogP contribution is 2.27. The topological polar surface area (TPSA) is 79.5 Å². The van der Waals surface area contributed by atoms with Gasteiger partial charge in [-0.2, -0.15) is 0 Å². The predicted octanol–water partition coefficient (Wildman–Crippen LogP) is 2.98. The van der Waals surface area contributed by atoms with Crippen molar-refractivity contribution in [3.05, 3.63) is 48.0 Å². The smallest absolute Gasteiger partial charge is 0.243 e. The summed E-state index contributed by atoms with van der Waals surface area (Å²) in [6.45, 7) is 1.24. The van der Waals surface area contributed by atoms with Gasteiger partial charge in [-0.15, -0.1) is 0 Å². The summed E-state index contributed by atoms with van der Waals surface area (Å²) in [5.41, 5.74) is 1.18. The second-order valence-electron chi connectivity index (χ2n) is 5.13. The van der Waals surface area contributed by atoms with E-state index in [1.165, 1.54) is 20.1 Å². The van der Waals surface area contributed by atoms with Crippen LogP contribution in [0, 0.1) is 11.6 Å². The molecule has 0 heterocycles. The van der Waals surface area contributed by atoms with E-state index in [1.807, 2.05) is 0 Å². The summed E-state index contributed by atoms with van der Waals surface area (Å²) < 4.78 is 31.2. The van der Waals surface area contributed by atoms with Gasteiger partial charge in [-0.1, -0.05) is 0 Å². The van der Waals surface area contributed by atoms with Gasteiger partial charge in [0.05, 0.1) is 19.3 Å². The van der Waals surface area contributed by atoms with E-state index < -0.39 is 17.5 Å². The van der Waals surface area contributed by atoms with E-state index in [1.54, 1.807) is 18.2 Å². The summed E-state index contributed by atoms with van der Waals surface area (Å²) in [5, 5.41) is 7.94. The molecule has 2 rings (SSSR count). The monoisotopic (exact) mass is 349 g/mol. The normalized spacial score (nSPS) is 10.1. The number of amides is 2. The molecule has 25 heavy (non-hydrogen) atoms. The molecule has 132 valence electrons. The highest BCUT2D eigenvalue weighted by Gasteiger charge is 2.09. The van der Waals surface area contributed by atoms with Crippen molar-refractivity contribution in [2.24, 2.45) is 0 Å². The molecule has 2 aromatic rings. The molecule has 0 aromatic heterocycles. The lowest BCUT2D eigenvalue weighted by Crippen LogP contribution is -2.22. The fraction of sp³-hybridized carbons (Fsp3) is 0.176. The Morgan fingerprint density at radius 3 is 2.32 bits per heavy atom. The van der Waals surface area contributed by atoms with E-state index in [0.29, 0.717) is 17.1 Å². The molecule has 0 atom stereocenters. The summed E-state index contributed by atoms with van der Waals surface area (Å²) in [7, 11) is 1.47. The Morgan fingerprint density at radius 2 is 1.68 bits per heavy atom. The van der Waals surface area contributed by atoms with Crippen LogP contribution in [0.25, 0.3) is 0 Å². The number of nitrogens with one attached hydrogen (secondary N) is 3. The maximum absolute atomic E-state index is 13.1. The standard InChI is InChI=1S/C17H17F2N3O3/c1-10(23)21-12-4-6-16(25-2)15(8-12)20-9-17(24)22-11-3-5-13(18)14(19)7-11/h3-8,20H,9H2,1-2H3,(H,21,23)(H,22,24). The highest BCUT2D eigenvalue weighted by atomic mass is 19.2. The molecule has 0 bridgehead atoms. The number of carbonyl (C=O) groups is 2. The fourth-order valence-electron chi connectivity index (χ4n) is 2.08. The Kier molecular flexibility index (Phi) is 5.89. The number of rotatable bonds is 6. The molecular formula is C17H17F2N3O3. The predicted molar refractivity (Wildman–Crippen MR) is 90.8 cm³/mol. The molecule has 0 aliphatic heterocycles. The molecule has 0 spiro atoms. The van der Waals surface area contributed by atoms with Crippen LogP contribution in [-0.2, 0) is 9.59 Å². The van der Waals surface area contributed by atoms with E-state index in [9.17, 15) is 18.4 Å². The number of anilines is 3. The van der Waals surface area contributed by atoms with E-state index in [4.69, 9.17) is 4.74 Å². The minimum absolute atomic E-state index is 0.140. The molecule has 3 N–H and O–H groups in total. The van der Waals surface area contributed by atoms with Gasteiger partial charge in [0.2, 0.25) is 11.8 Å². The number of benzene rings is 2. The van der Waals surface area contributed by atoms with Gasteiger partial charge >= 0.3 is 0 Å². The van der Waals surface area contributed by atoms with Gasteiger partial charge in [-0.25, -0.2) is 8.78 Å². The second-order valence-corrected chi connectivity index (χ2v) is 5.13. The van der Waals surface area contributed by atoms with Crippen LogP contribution in [0.1, 0.15) is 6.92 Å². The fourth-order valence-corrected chi connectivity index (χ4v) is 2.08. The van der Waals surface area contributed by atoms with Gasteiger partial charge in [-0.05, 0) is 30.3 Å². The van der Waals surface area contributed by atoms with Crippen molar-refractivity contribution in [3.63, 3.8) is 0 Å². The Morgan fingerprint density at radius 1 is 1.00 bits per heavy atom. The van der Waals surface area contributed by atoms with Crippen molar-refractivity contribution in [2.45, 2.75) is 6.92 Å². The molecule has 0 radical (unpaired) electrons. The number of hydrogen-bond donors (Lipinski definition) is 3. The number of methoxy groups -OCH3 is 1. The van der Waals surface area contributed by atoms with Crippen molar-refractivity contribution in [1.82, 2.24) is 0 Å². The lowest BCUT2D eigenvalue weighted by atomic mass is 10.2. The van der Waals surface area contributed by atoms with E-state index >= 15 is 0 Å². The zero-order chi connectivity index (χ0) is 18.4. The summed E-state index contributed by atoms with van der Waals surface area (Å²) in [6, 6.07) is 8.00. The first-order valence-corrected chi connectivity index (χ1v) is 7.33. The first kappa shape index (κ1) is 18.2. The van der Waals surface area contributed by atoms with Crippen LogP contribution in [0.15, 0.2) is 36.4 Å². The van der Waals surface area contributed by atoms with E-state index in [0.717, 1.165) is 12.1 Å². The van der Waals surface area contributed by atoms with E-state index in [2.05, 4.69) is 16.0 Å².